The van der Waals surface area contributed by atoms with E-state index >= 15 is 0 Å². The summed E-state index contributed by atoms with van der Waals surface area (Å²) in [4.78, 5) is 4.74. The Kier molecular flexibility index (Phi) is 2.71. The molecule has 0 spiro atoms. The second-order valence-electron chi connectivity index (χ2n) is 4.44. The molecule has 2 aromatic carbocycles. The van der Waals surface area contributed by atoms with E-state index in [2.05, 4.69) is 70.9 Å². The molecule has 18 heavy (non-hydrogen) atoms. The lowest BCUT2D eigenvalue weighted by molar-refractivity contribution is 0.957. The van der Waals surface area contributed by atoms with Gasteiger partial charge in [0.2, 0.25) is 0 Å². The third-order valence-corrected chi connectivity index (χ3v) is 3.72. The first-order chi connectivity index (χ1) is 8.66. The van der Waals surface area contributed by atoms with Crippen LogP contribution in [0.1, 0.15) is 5.56 Å². The molecule has 2 nitrogen and oxygen atoms in total. The van der Waals surface area contributed by atoms with Crippen LogP contribution >= 0.6 is 15.9 Å². The molecule has 0 unspecified atom stereocenters. The largest absolute Gasteiger partial charge is 0.327 e. The Hall–Kier alpha value is -1.61. The van der Waals surface area contributed by atoms with Gasteiger partial charge in [-0.2, -0.15) is 0 Å². The van der Waals surface area contributed by atoms with Crippen LogP contribution in [0.4, 0.5) is 0 Å². The highest BCUT2D eigenvalue weighted by molar-refractivity contribution is 9.10. The van der Waals surface area contributed by atoms with E-state index in [4.69, 9.17) is 4.98 Å². The number of hydrogen-bond acceptors (Lipinski definition) is 1. The maximum atomic E-state index is 4.74. The molecule has 0 bridgehead atoms. The van der Waals surface area contributed by atoms with Gasteiger partial charge in [0.1, 0.15) is 5.82 Å². The highest BCUT2D eigenvalue weighted by atomic mass is 79.9. The fourth-order valence-corrected chi connectivity index (χ4v) is 2.59. The van der Waals surface area contributed by atoms with Gasteiger partial charge in [0.15, 0.2) is 0 Å². The molecule has 3 aromatic rings. The van der Waals surface area contributed by atoms with Crippen molar-refractivity contribution in [1.82, 2.24) is 9.55 Å². The molecule has 0 aliphatic carbocycles. The molecular weight excluding hydrogens is 288 g/mol. The van der Waals surface area contributed by atoms with Crippen LogP contribution in [0.15, 0.2) is 46.9 Å². The maximum absolute atomic E-state index is 4.74. The molecule has 0 amide bonds. The number of benzene rings is 2. The Bertz CT molecular complexity index is 728. The normalized spacial score (nSPS) is 11.1. The van der Waals surface area contributed by atoms with E-state index in [1.165, 1.54) is 11.1 Å². The van der Waals surface area contributed by atoms with Crippen LogP contribution < -0.4 is 0 Å². The molecule has 90 valence electrons. The van der Waals surface area contributed by atoms with Crippen molar-refractivity contribution in [1.29, 1.82) is 0 Å². The van der Waals surface area contributed by atoms with Gasteiger partial charge in [0.05, 0.1) is 11.0 Å². The number of halogens is 1. The number of rotatable bonds is 1. The van der Waals surface area contributed by atoms with Gasteiger partial charge in [-0.15, -0.1) is 0 Å². The maximum Gasteiger partial charge on any atom is 0.141 e. The topological polar surface area (TPSA) is 17.8 Å². The summed E-state index contributed by atoms with van der Waals surface area (Å²) in [6, 6.07) is 14.5. The third-order valence-electron chi connectivity index (χ3n) is 3.23. The van der Waals surface area contributed by atoms with E-state index in [-0.39, 0.29) is 0 Å². The van der Waals surface area contributed by atoms with Gasteiger partial charge in [-0.25, -0.2) is 4.98 Å². The fraction of sp³-hybridized carbons (Fsp3) is 0.133. The summed E-state index contributed by atoms with van der Waals surface area (Å²) in [6.45, 7) is 2.12. The molecule has 3 rings (SSSR count). The predicted octanol–water partition coefficient (Wildman–Crippen LogP) is 4.31. The van der Waals surface area contributed by atoms with Crippen molar-refractivity contribution < 1.29 is 0 Å². The average molecular weight is 301 g/mol. The standard InChI is InChI=1S/C15H13BrN2/c1-10-5-3-4-6-12(10)15-17-13-9-11(16)7-8-14(13)18(15)2/h3-9H,1-2H3. The van der Waals surface area contributed by atoms with E-state index in [1.54, 1.807) is 0 Å². The van der Waals surface area contributed by atoms with E-state index in [0.717, 1.165) is 21.3 Å². The summed E-state index contributed by atoms with van der Waals surface area (Å²) < 4.78 is 3.20. The van der Waals surface area contributed by atoms with Crippen molar-refractivity contribution in [2.24, 2.45) is 7.05 Å². The highest BCUT2D eigenvalue weighted by Crippen LogP contribution is 2.27. The Morgan fingerprint density at radius 1 is 1.11 bits per heavy atom. The quantitative estimate of drug-likeness (QED) is 0.655. The zero-order chi connectivity index (χ0) is 12.7. The number of aryl methyl sites for hydroxylation is 2. The lowest BCUT2D eigenvalue weighted by atomic mass is 10.1. The lowest BCUT2D eigenvalue weighted by Gasteiger charge is -2.05. The fourth-order valence-electron chi connectivity index (χ4n) is 2.24. The Morgan fingerprint density at radius 3 is 2.67 bits per heavy atom. The zero-order valence-corrected chi connectivity index (χ0v) is 11.9. The molecule has 0 aliphatic heterocycles. The van der Waals surface area contributed by atoms with Crippen LogP contribution in [0.3, 0.4) is 0 Å². The Morgan fingerprint density at radius 2 is 1.89 bits per heavy atom. The van der Waals surface area contributed by atoms with Gasteiger partial charge >= 0.3 is 0 Å². The van der Waals surface area contributed by atoms with E-state index in [9.17, 15) is 0 Å². The van der Waals surface area contributed by atoms with E-state index in [1.807, 2.05) is 6.07 Å². The van der Waals surface area contributed by atoms with Crippen LogP contribution in [-0.2, 0) is 7.05 Å². The smallest absolute Gasteiger partial charge is 0.141 e. The predicted molar refractivity (Wildman–Crippen MR) is 78.6 cm³/mol. The summed E-state index contributed by atoms with van der Waals surface area (Å²) in [6.07, 6.45) is 0. The van der Waals surface area contributed by atoms with Gasteiger partial charge in [0, 0.05) is 17.1 Å². The van der Waals surface area contributed by atoms with E-state index in [0.29, 0.717) is 0 Å². The van der Waals surface area contributed by atoms with Crippen molar-refractivity contribution >= 4 is 27.0 Å². The van der Waals surface area contributed by atoms with Gasteiger partial charge in [0.25, 0.3) is 0 Å². The van der Waals surface area contributed by atoms with Crippen molar-refractivity contribution in [2.45, 2.75) is 6.92 Å². The second-order valence-corrected chi connectivity index (χ2v) is 5.36. The summed E-state index contributed by atoms with van der Waals surface area (Å²) >= 11 is 3.49. The second kappa shape index (κ2) is 4.25. The van der Waals surface area contributed by atoms with Crippen molar-refractivity contribution in [3.63, 3.8) is 0 Å². The minimum atomic E-state index is 1.02. The van der Waals surface area contributed by atoms with Gasteiger partial charge in [-0.05, 0) is 30.7 Å². The van der Waals surface area contributed by atoms with Crippen LogP contribution in [-0.4, -0.2) is 9.55 Å². The summed E-state index contributed by atoms with van der Waals surface area (Å²) in [7, 11) is 2.06. The van der Waals surface area contributed by atoms with Crippen LogP contribution in [0.25, 0.3) is 22.4 Å². The molecular formula is C15H13BrN2. The number of fused-ring (bicyclic) bond motifs is 1. The minimum Gasteiger partial charge on any atom is -0.327 e. The van der Waals surface area contributed by atoms with Crippen LogP contribution in [0, 0.1) is 6.92 Å². The minimum absolute atomic E-state index is 1.02. The molecule has 0 aliphatic rings. The number of imidazole rings is 1. The molecule has 1 aromatic heterocycles. The number of aromatic nitrogens is 2. The molecule has 0 fully saturated rings. The first-order valence-corrected chi connectivity index (χ1v) is 6.64. The molecule has 0 N–H and O–H groups in total. The monoisotopic (exact) mass is 300 g/mol. The lowest BCUT2D eigenvalue weighted by Crippen LogP contribution is -1.93. The SMILES string of the molecule is Cc1ccccc1-c1nc2cc(Br)ccc2n1C. The zero-order valence-electron chi connectivity index (χ0n) is 10.3. The van der Waals surface area contributed by atoms with Gasteiger partial charge < -0.3 is 4.57 Å². The van der Waals surface area contributed by atoms with Gasteiger partial charge in [-0.3, -0.25) is 0 Å². The molecule has 0 atom stereocenters. The molecule has 3 heteroatoms. The van der Waals surface area contributed by atoms with Crippen molar-refractivity contribution in [3.8, 4) is 11.4 Å². The van der Waals surface area contributed by atoms with Crippen LogP contribution in [0.2, 0.25) is 0 Å². The third kappa shape index (κ3) is 1.75. The summed E-state index contributed by atoms with van der Waals surface area (Å²) in [5, 5.41) is 0. The number of nitrogens with zero attached hydrogens (tertiary/aromatic N) is 2. The molecule has 0 radical (unpaired) electrons. The Balaban J connectivity index is 2.31. The molecule has 1 heterocycles. The van der Waals surface area contributed by atoms with Crippen molar-refractivity contribution in [2.75, 3.05) is 0 Å². The first kappa shape index (κ1) is 11.5. The van der Waals surface area contributed by atoms with Gasteiger partial charge in [-0.1, -0.05) is 40.2 Å². The number of hydrogen-bond donors (Lipinski definition) is 0. The Labute approximate surface area is 114 Å². The van der Waals surface area contributed by atoms with Crippen molar-refractivity contribution in [3.05, 3.63) is 52.5 Å². The average Bonchev–Trinajstić information content (AvgIpc) is 2.67. The van der Waals surface area contributed by atoms with Crippen LogP contribution in [0.5, 0.6) is 0 Å². The highest BCUT2D eigenvalue weighted by Gasteiger charge is 2.11. The summed E-state index contributed by atoms with van der Waals surface area (Å²) in [5.74, 6) is 1.02. The molecule has 0 saturated heterocycles. The first-order valence-electron chi connectivity index (χ1n) is 5.85. The van der Waals surface area contributed by atoms with E-state index < -0.39 is 0 Å². The molecule has 0 saturated carbocycles. The summed E-state index contributed by atoms with van der Waals surface area (Å²) in [5.41, 5.74) is 4.60.